The number of carbonyl (C=O) groups is 1. The molecule has 0 aliphatic carbocycles. The molecule has 1 N–H and O–H groups in total. The molecule has 0 spiro atoms. The molecule has 1 aromatic rings. The molecule has 0 fully saturated rings. The summed E-state index contributed by atoms with van der Waals surface area (Å²) in [5, 5.41) is 8.83. The summed E-state index contributed by atoms with van der Waals surface area (Å²) in [5.41, 5.74) is 1.20. The first kappa shape index (κ1) is 19.3. The second-order valence-electron chi connectivity index (χ2n) is 6.12. The van der Waals surface area contributed by atoms with E-state index in [4.69, 9.17) is 5.11 Å². The highest BCUT2D eigenvalue weighted by Crippen LogP contribution is 2.11. The third-order valence-corrected chi connectivity index (χ3v) is 4.02. The summed E-state index contributed by atoms with van der Waals surface area (Å²) in [6.07, 6.45) is 14.3. The van der Waals surface area contributed by atoms with Crippen LogP contribution in [0.2, 0.25) is 0 Å². The molecule has 0 unspecified atom stereocenters. The van der Waals surface area contributed by atoms with Crippen LogP contribution in [0.5, 0.6) is 0 Å². The topological polar surface area (TPSA) is 37.3 Å². The first-order valence-electron chi connectivity index (χ1n) is 9.06. The van der Waals surface area contributed by atoms with Gasteiger partial charge in [-0.15, -0.1) is 0 Å². The Hall–Kier alpha value is -1.75. The maximum absolute atomic E-state index is 10.7. The lowest BCUT2D eigenvalue weighted by Crippen LogP contribution is -1.94. The lowest BCUT2D eigenvalue weighted by Gasteiger charge is -2.00. The van der Waals surface area contributed by atoms with E-state index in [1.54, 1.807) is 24.3 Å². The van der Waals surface area contributed by atoms with Crippen LogP contribution >= 0.6 is 0 Å². The van der Waals surface area contributed by atoms with Crippen LogP contribution in [-0.2, 0) is 0 Å². The molecule has 2 nitrogen and oxygen atoms in total. The van der Waals surface area contributed by atoms with Crippen molar-refractivity contribution >= 4 is 5.97 Å². The van der Waals surface area contributed by atoms with Crippen LogP contribution in [0.1, 0.15) is 93.5 Å². The molecule has 0 saturated heterocycles. The number of carboxylic acid groups (broad SMARTS) is 1. The van der Waals surface area contributed by atoms with Gasteiger partial charge in [0.25, 0.3) is 0 Å². The Morgan fingerprint density at radius 2 is 1.39 bits per heavy atom. The minimum Gasteiger partial charge on any atom is -0.478 e. The molecule has 0 heterocycles. The van der Waals surface area contributed by atoms with E-state index in [1.165, 1.54) is 57.8 Å². The van der Waals surface area contributed by atoms with E-state index in [0.717, 1.165) is 18.4 Å². The minimum atomic E-state index is -0.894. The predicted molar refractivity (Wildman–Crippen MR) is 96.7 cm³/mol. The van der Waals surface area contributed by atoms with E-state index in [0.29, 0.717) is 5.56 Å². The highest BCUT2D eigenvalue weighted by molar-refractivity contribution is 5.87. The largest absolute Gasteiger partial charge is 0.478 e. The predicted octanol–water partition coefficient (Wildman–Crippen LogP) is 6.05. The maximum atomic E-state index is 10.7. The summed E-state index contributed by atoms with van der Waals surface area (Å²) in [6.45, 7) is 2.26. The molecule has 0 aliphatic rings. The zero-order valence-electron chi connectivity index (χ0n) is 14.4. The van der Waals surface area contributed by atoms with Gasteiger partial charge in [0.1, 0.15) is 0 Å². The minimum absolute atomic E-state index is 0.310. The molecule has 1 rings (SSSR count). The van der Waals surface area contributed by atoms with Gasteiger partial charge in [-0.1, -0.05) is 76.6 Å². The average Bonchev–Trinajstić information content (AvgIpc) is 2.56. The number of benzene rings is 1. The van der Waals surface area contributed by atoms with Crippen LogP contribution in [0, 0.1) is 11.8 Å². The first-order chi connectivity index (χ1) is 11.2. The van der Waals surface area contributed by atoms with Crippen LogP contribution in [0.15, 0.2) is 24.3 Å². The molecule has 126 valence electrons. The van der Waals surface area contributed by atoms with Gasteiger partial charge >= 0.3 is 5.97 Å². The highest BCUT2D eigenvalue weighted by atomic mass is 16.4. The molecule has 23 heavy (non-hydrogen) atoms. The average molecular weight is 314 g/mol. The fourth-order valence-electron chi connectivity index (χ4n) is 2.56. The van der Waals surface area contributed by atoms with Crippen molar-refractivity contribution in [2.75, 3.05) is 0 Å². The van der Waals surface area contributed by atoms with E-state index in [2.05, 4.69) is 18.8 Å². The Morgan fingerprint density at radius 1 is 0.870 bits per heavy atom. The van der Waals surface area contributed by atoms with Gasteiger partial charge in [0.15, 0.2) is 0 Å². The smallest absolute Gasteiger partial charge is 0.335 e. The highest BCUT2D eigenvalue weighted by Gasteiger charge is 1.99. The second-order valence-corrected chi connectivity index (χ2v) is 6.12. The van der Waals surface area contributed by atoms with Crippen LogP contribution in [0.4, 0.5) is 0 Å². The van der Waals surface area contributed by atoms with Gasteiger partial charge in [0, 0.05) is 12.0 Å². The van der Waals surface area contributed by atoms with Crippen molar-refractivity contribution in [1.29, 1.82) is 0 Å². The first-order valence-corrected chi connectivity index (χ1v) is 9.06. The van der Waals surface area contributed by atoms with E-state index in [9.17, 15) is 4.79 Å². The Bertz CT molecular complexity index is 491. The second kappa shape index (κ2) is 12.8. The Morgan fingerprint density at radius 3 is 1.91 bits per heavy atom. The normalized spacial score (nSPS) is 10.1. The lowest BCUT2D eigenvalue weighted by molar-refractivity contribution is 0.0697. The summed E-state index contributed by atoms with van der Waals surface area (Å²) in [6, 6.07) is 6.75. The fourth-order valence-corrected chi connectivity index (χ4v) is 2.56. The zero-order chi connectivity index (χ0) is 16.8. The van der Waals surface area contributed by atoms with Crippen molar-refractivity contribution in [3.63, 3.8) is 0 Å². The van der Waals surface area contributed by atoms with Gasteiger partial charge in [-0.2, -0.15) is 0 Å². The molecule has 0 bridgehead atoms. The standard InChI is InChI=1S/C21H30O2/c1-2-3-4-5-6-7-8-9-10-11-12-13-14-19-15-17-20(18-16-19)21(22)23/h15-18H,2-12H2,1H3,(H,22,23). The van der Waals surface area contributed by atoms with Gasteiger partial charge in [-0.3, -0.25) is 0 Å². The monoisotopic (exact) mass is 314 g/mol. The van der Waals surface area contributed by atoms with Crippen molar-refractivity contribution in [2.24, 2.45) is 0 Å². The van der Waals surface area contributed by atoms with Gasteiger partial charge in [0.05, 0.1) is 5.56 Å². The fraction of sp³-hybridized carbons (Fsp3) is 0.571. The zero-order valence-corrected chi connectivity index (χ0v) is 14.4. The molecular weight excluding hydrogens is 284 g/mol. The van der Waals surface area contributed by atoms with Crippen molar-refractivity contribution in [1.82, 2.24) is 0 Å². The number of hydrogen-bond donors (Lipinski definition) is 1. The molecule has 2 heteroatoms. The summed E-state index contributed by atoms with van der Waals surface area (Å²) in [7, 11) is 0. The van der Waals surface area contributed by atoms with Crippen LogP contribution < -0.4 is 0 Å². The van der Waals surface area contributed by atoms with Crippen molar-refractivity contribution < 1.29 is 9.90 Å². The maximum Gasteiger partial charge on any atom is 0.335 e. The van der Waals surface area contributed by atoms with Crippen molar-refractivity contribution in [3.05, 3.63) is 35.4 Å². The van der Waals surface area contributed by atoms with Crippen LogP contribution in [0.3, 0.4) is 0 Å². The molecule has 0 amide bonds. The third kappa shape index (κ3) is 9.79. The summed E-state index contributed by atoms with van der Waals surface area (Å²) in [4.78, 5) is 10.7. The number of hydrogen-bond acceptors (Lipinski definition) is 1. The molecule has 0 aliphatic heterocycles. The van der Waals surface area contributed by atoms with E-state index in [1.807, 2.05) is 0 Å². The van der Waals surface area contributed by atoms with Gasteiger partial charge < -0.3 is 5.11 Å². The van der Waals surface area contributed by atoms with E-state index < -0.39 is 5.97 Å². The Balaban J connectivity index is 2.02. The van der Waals surface area contributed by atoms with E-state index >= 15 is 0 Å². The Labute approximate surface area is 141 Å². The Kier molecular flexibility index (Phi) is 10.7. The number of aromatic carboxylic acids is 1. The third-order valence-electron chi connectivity index (χ3n) is 4.02. The molecule has 0 radical (unpaired) electrons. The van der Waals surface area contributed by atoms with Gasteiger partial charge in [-0.25, -0.2) is 4.79 Å². The van der Waals surface area contributed by atoms with Crippen molar-refractivity contribution in [2.45, 2.75) is 77.6 Å². The number of carboxylic acids is 1. The summed E-state index contributed by atoms with van der Waals surface area (Å²) >= 11 is 0. The molecular formula is C21H30O2. The summed E-state index contributed by atoms with van der Waals surface area (Å²) < 4.78 is 0. The quantitative estimate of drug-likeness (QED) is 0.399. The van der Waals surface area contributed by atoms with Gasteiger partial charge in [0.2, 0.25) is 0 Å². The molecule has 1 aromatic carbocycles. The summed E-state index contributed by atoms with van der Waals surface area (Å²) in [5.74, 6) is 5.38. The number of rotatable bonds is 11. The SMILES string of the molecule is CCCCCCCCCCCCC#Cc1ccc(C(=O)O)cc1. The van der Waals surface area contributed by atoms with E-state index in [-0.39, 0.29) is 0 Å². The number of unbranched alkanes of at least 4 members (excludes halogenated alkanes) is 10. The molecule has 0 saturated carbocycles. The van der Waals surface area contributed by atoms with Crippen molar-refractivity contribution in [3.8, 4) is 11.8 Å². The van der Waals surface area contributed by atoms with Gasteiger partial charge in [-0.05, 0) is 30.7 Å². The molecule has 0 atom stereocenters. The van der Waals surface area contributed by atoms with Crippen LogP contribution in [-0.4, -0.2) is 11.1 Å². The lowest BCUT2D eigenvalue weighted by atomic mass is 10.1. The van der Waals surface area contributed by atoms with Crippen LogP contribution in [0.25, 0.3) is 0 Å². The molecule has 0 aromatic heterocycles.